The molecule has 0 radical (unpaired) electrons. The minimum absolute atomic E-state index is 0.135. The second kappa shape index (κ2) is 8.82. The molecule has 0 unspecified atom stereocenters. The van der Waals surface area contributed by atoms with E-state index in [1.54, 1.807) is 0 Å². The summed E-state index contributed by atoms with van der Waals surface area (Å²) in [7, 11) is 0. The SMILES string of the molecule is c1ccc(-c2ccccc2-c2cc3c4c(c2)-c2cccc5sc6cccc(c6c25)B4c2cccc4sc5cccc-3c5c24)cc1. The van der Waals surface area contributed by atoms with Gasteiger partial charge in [-0.15, -0.1) is 22.7 Å². The van der Waals surface area contributed by atoms with Gasteiger partial charge in [0, 0.05) is 29.6 Å². The van der Waals surface area contributed by atoms with Crippen LogP contribution in [0.5, 0.6) is 0 Å². The predicted octanol–water partition coefficient (Wildman–Crippen LogP) is 10.2. The molecule has 2 aromatic heterocycles. The maximum absolute atomic E-state index is 2.51. The van der Waals surface area contributed by atoms with Gasteiger partial charge < -0.3 is 0 Å². The molecule has 0 aliphatic carbocycles. The van der Waals surface area contributed by atoms with Gasteiger partial charge in [-0.2, -0.15) is 0 Å². The monoisotopic (exact) mass is 602 g/mol. The molecular weight excluding hydrogens is 579 g/mol. The average molecular weight is 603 g/mol. The first kappa shape index (κ1) is 24.4. The van der Waals surface area contributed by atoms with Crippen LogP contribution >= 0.6 is 22.7 Å². The van der Waals surface area contributed by atoms with Crippen LogP contribution in [0.3, 0.4) is 0 Å². The van der Waals surface area contributed by atoms with Gasteiger partial charge in [-0.1, -0.05) is 120 Å². The number of hydrogen-bond acceptors (Lipinski definition) is 2. The van der Waals surface area contributed by atoms with E-state index in [9.17, 15) is 0 Å². The normalized spacial score (nSPS) is 12.8. The summed E-state index contributed by atoms with van der Waals surface area (Å²) in [6.45, 7) is 0.135. The lowest BCUT2D eigenvalue weighted by atomic mass is 9.35. The third-order valence-corrected chi connectivity index (χ3v) is 12.3. The van der Waals surface area contributed by atoms with Crippen LogP contribution in [0.1, 0.15) is 0 Å². The molecule has 0 N–H and O–H groups in total. The largest absolute Gasteiger partial charge is 0.244 e. The zero-order chi connectivity index (χ0) is 29.2. The number of benzene rings is 7. The molecule has 3 heteroatoms. The van der Waals surface area contributed by atoms with Crippen LogP contribution in [0.15, 0.2) is 140 Å². The minimum atomic E-state index is 0.135. The van der Waals surface area contributed by atoms with E-state index in [1.165, 1.54) is 101 Å². The van der Waals surface area contributed by atoms with E-state index >= 15 is 0 Å². The topological polar surface area (TPSA) is 0 Å². The molecule has 2 aliphatic heterocycles. The molecule has 0 spiro atoms. The summed E-state index contributed by atoms with van der Waals surface area (Å²) in [6.07, 6.45) is 0. The third kappa shape index (κ3) is 3.17. The minimum Gasteiger partial charge on any atom is -0.135 e. The fourth-order valence-electron chi connectivity index (χ4n) is 8.36. The van der Waals surface area contributed by atoms with Crippen LogP contribution in [-0.2, 0) is 0 Å². The van der Waals surface area contributed by atoms with Crippen molar-refractivity contribution in [3.63, 3.8) is 0 Å². The lowest BCUT2D eigenvalue weighted by Crippen LogP contribution is -2.52. The zero-order valence-corrected chi connectivity index (χ0v) is 25.8. The maximum Gasteiger partial charge on any atom is 0.244 e. The number of rotatable bonds is 2. The van der Waals surface area contributed by atoms with E-state index in [0.717, 1.165) is 0 Å². The Balaban J connectivity index is 1.37. The van der Waals surface area contributed by atoms with Gasteiger partial charge in [-0.05, 0) is 91.7 Å². The van der Waals surface area contributed by atoms with Crippen molar-refractivity contribution in [3.05, 3.63) is 140 Å². The molecule has 206 valence electrons. The molecule has 0 amide bonds. The van der Waals surface area contributed by atoms with Crippen molar-refractivity contribution in [2.45, 2.75) is 0 Å². The molecule has 0 atom stereocenters. The Labute approximate surface area is 268 Å². The summed E-state index contributed by atoms with van der Waals surface area (Å²) >= 11 is 3.86. The van der Waals surface area contributed by atoms with Crippen LogP contribution in [0.25, 0.3) is 84.9 Å². The first-order valence-corrected chi connectivity index (χ1v) is 17.2. The first-order valence-electron chi connectivity index (χ1n) is 15.6. The highest BCUT2D eigenvalue weighted by Crippen LogP contribution is 2.47. The fraction of sp³-hybridized carbons (Fsp3) is 0. The molecule has 2 aliphatic rings. The summed E-state index contributed by atoms with van der Waals surface area (Å²) in [5.41, 5.74) is 14.8. The van der Waals surface area contributed by atoms with Crippen molar-refractivity contribution in [3.8, 4) is 44.5 Å². The van der Waals surface area contributed by atoms with E-state index in [-0.39, 0.29) is 6.71 Å². The van der Waals surface area contributed by atoms with Gasteiger partial charge in [-0.25, -0.2) is 0 Å². The lowest BCUT2D eigenvalue weighted by Gasteiger charge is -2.23. The molecule has 9 aromatic rings. The van der Waals surface area contributed by atoms with Crippen LogP contribution in [0.4, 0.5) is 0 Å². The Morgan fingerprint density at radius 3 is 1.33 bits per heavy atom. The van der Waals surface area contributed by atoms with Crippen molar-refractivity contribution in [2.24, 2.45) is 0 Å². The standard InChI is InChI=1S/C42H23BS2/c1-2-10-24(11-3-1)26-12-4-5-13-27(26)25-22-30-28-14-6-18-34-38(28)40-32(16-8-20-36(40)44-34)43-33-17-9-21-37-41(33)39-29(31(23-25)42(30)43)15-7-19-35(39)45-37/h1-23H. The second-order valence-corrected chi connectivity index (χ2v) is 14.5. The number of hydrogen-bond donors (Lipinski definition) is 0. The molecular formula is C42H23BS2. The summed E-state index contributed by atoms with van der Waals surface area (Å²) in [5, 5.41) is 5.68. The van der Waals surface area contributed by atoms with Gasteiger partial charge in [0.15, 0.2) is 0 Å². The Morgan fingerprint density at radius 2 is 0.778 bits per heavy atom. The average Bonchev–Trinajstić information content (AvgIpc) is 3.60. The van der Waals surface area contributed by atoms with E-state index in [4.69, 9.17) is 0 Å². The Bertz CT molecular complexity index is 2570. The highest BCUT2D eigenvalue weighted by atomic mass is 32.1. The summed E-state index contributed by atoms with van der Waals surface area (Å²) < 4.78 is 5.49. The fourth-order valence-corrected chi connectivity index (χ4v) is 10.7. The highest BCUT2D eigenvalue weighted by molar-refractivity contribution is 7.27. The molecule has 0 saturated carbocycles. The Kier molecular flexibility index (Phi) is 4.78. The van der Waals surface area contributed by atoms with Crippen LogP contribution < -0.4 is 16.4 Å². The van der Waals surface area contributed by atoms with Gasteiger partial charge in [0.1, 0.15) is 0 Å². The third-order valence-electron chi connectivity index (χ3n) is 10.1. The van der Waals surface area contributed by atoms with Crippen molar-refractivity contribution in [1.82, 2.24) is 0 Å². The zero-order valence-electron chi connectivity index (χ0n) is 24.2. The Morgan fingerprint density at radius 1 is 0.333 bits per heavy atom. The molecule has 0 fully saturated rings. The first-order chi connectivity index (χ1) is 22.3. The van der Waals surface area contributed by atoms with E-state index < -0.39 is 0 Å². The lowest BCUT2D eigenvalue weighted by molar-refractivity contribution is 1.58. The van der Waals surface area contributed by atoms with Gasteiger partial charge in [0.25, 0.3) is 0 Å². The molecule has 4 heterocycles. The Hall–Kier alpha value is -4.96. The van der Waals surface area contributed by atoms with Crippen LogP contribution in [0, 0.1) is 0 Å². The van der Waals surface area contributed by atoms with Gasteiger partial charge >= 0.3 is 0 Å². The second-order valence-electron chi connectivity index (χ2n) is 12.3. The number of thiophene rings is 2. The summed E-state index contributed by atoms with van der Waals surface area (Å²) in [5.74, 6) is 0. The maximum atomic E-state index is 2.51. The van der Waals surface area contributed by atoms with Gasteiger partial charge in [0.2, 0.25) is 6.71 Å². The van der Waals surface area contributed by atoms with Gasteiger partial charge in [0.05, 0.1) is 0 Å². The smallest absolute Gasteiger partial charge is 0.135 e. The summed E-state index contributed by atoms with van der Waals surface area (Å²) in [6, 6.07) is 52.7. The quantitative estimate of drug-likeness (QED) is 0.173. The van der Waals surface area contributed by atoms with Crippen molar-refractivity contribution < 1.29 is 0 Å². The number of fused-ring (bicyclic) bond motifs is 4. The molecule has 7 aromatic carbocycles. The van der Waals surface area contributed by atoms with Crippen molar-refractivity contribution >= 4 is 86.1 Å². The van der Waals surface area contributed by atoms with Gasteiger partial charge in [-0.3, -0.25) is 0 Å². The predicted molar refractivity (Wildman–Crippen MR) is 199 cm³/mol. The highest BCUT2D eigenvalue weighted by Gasteiger charge is 2.37. The summed E-state index contributed by atoms with van der Waals surface area (Å²) in [4.78, 5) is 0. The van der Waals surface area contributed by atoms with Crippen LogP contribution in [0.2, 0.25) is 0 Å². The van der Waals surface area contributed by atoms with Crippen molar-refractivity contribution in [2.75, 3.05) is 0 Å². The molecule has 0 bridgehead atoms. The molecule has 0 nitrogen and oxygen atoms in total. The van der Waals surface area contributed by atoms with Crippen molar-refractivity contribution in [1.29, 1.82) is 0 Å². The van der Waals surface area contributed by atoms with E-state index in [2.05, 4.69) is 140 Å². The molecule has 0 saturated heterocycles. The molecule has 45 heavy (non-hydrogen) atoms. The van der Waals surface area contributed by atoms with Crippen LogP contribution in [-0.4, -0.2) is 6.71 Å². The van der Waals surface area contributed by atoms with E-state index in [0.29, 0.717) is 0 Å². The molecule has 11 rings (SSSR count). The van der Waals surface area contributed by atoms with E-state index in [1.807, 2.05) is 22.7 Å².